The maximum absolute atomic E-state index is 2.49. The van der Waals surface area contributed by atoms with Crippen molar-refractivity contribution in [2.24, 2.45) is 22.7 Å². The molecule has 6 rings (SSSR count). The molecule has 0 aromatic heterocycles. The fourth-order valence-electron chi connectivity index (χ4n) is 5.72. The predicted molar refractivity (Wildman–Crippen MR) is 98.7 cm³/mol. The minimum absolute atomic E-state index is 0. The molecule has 6 aliphatic carbocycles. The van der Waals surface area contributed by atoms with Gasteiger partial charge in [0, 0.05) is 17.8 Å². The molecule has 5 fully saturated rings. The van der Waals surface area contributed by atoms with Crippen LogP contribution in [-0.2, 0) is 0 Å². The molecule has 0 saturated heterocycles. The summed E-state index contributed by atoms with van der Waals surface area (Å²) in [7, 11) is 0. The quantitative estimate of drug-likeness (QED) is 0.600. The van der Waals surface area contributed by atoms with Crippen molar-refractivity contribution in [1.29, 1.82) is 0 Å². The summed E-state index contributed by atoms with van der Waals surface area (Å²) in [4.78, 5) is 0. The molecule has 2 heteroatoms. The molecule has 5 saturated carbocycles. The van der Waals surface area contributed by atoms with E-state index in [4.69, 9.17) is 0 Å². The van der Waals surface area contributed by atoms with Crippen LogP contribution in [0.4, 0.5) is 0 Å². The van der Waals surface area contributed by atoms with E-state index in [-0.39, 0.29) is 43.1 Å². The molecule has 6 aliphatic rings. The van der Waals surface area contributed by atoms with E-state index in [1.807, 2.05) is 0 Å². The van der Waals surface area contributed by atoms with E-state index in [9.17, 15) is 0 Å². The van der Waals surface area contributed by atoms with Gasteiger partial charge in [-0.2, -0.15) is 0 Å². The maximum Gasteiger partial charge on any atom is 1.00 e. The number of allylic oxidation sites excluding steroid dienone is 4. The van der Waals surface area contributed by atoms with Crippen LogP contribution in [-0.4, -0.2) is 0 Å². The van der Waals surface area contributed by atoms with Gasteiger partial charge in [-0.15, -0.1) is 0 Å². The number of hydrogen-bond acceptors (Lipinski definition) is 0. The first-order valence-corrected chi connectivity index (χ1v) is 9.35. The van der Waals surface area contributed by atoms with Crippen molar-refractivity contribution in [3.63, 3.8) is 0 Å². The standard InChI is InChI=1S/C24H26.2Li/c1-23(2)16-13-19-17-11-7-8-12-18(17)22(21(19)20(23)14-16)24(3,4)15-9-5-6-10-15;;/h5-12,16,20H,13-14H2,1-4H3;;/q;2*+1/t16-,20-;;/m0../s1. The molecule has 10 radical (unpaired) electrons. The van der Waals surface area contributed by atoms with Gasteiger partial charge in [0.15, 0.2) is 0 Å². The van der Waals surface area contributed by atoms with E-state index in [0.29, 0.717) is 5.41 Å². The van der Waals surface area contributed by atoms with Gasteiger partial charge >= 0.3 is 37.7 Å². The molecule has 0 aromatic rings. The summed E-state index contributed by atoms with van der Waals surface area (Å²) in [6, 6.07) is 0. The Morgan fingerprint density at radius 2 is 1.58 bits per heavy atom. The third-order valence-corrected chi connectivity index (χ3v) is 7.39. The fraction of sp³-hybridized carbons (Fsp3) is 0.417. The van der Waals surface area contributed by atoms with Crippen molar-refractivity contribution < 1.29 is 37.7 Å². The van der Waals surface area contributed by atoms with Crippen molar-refractivity contribution in [3.8, 4) is 0 Å². The second kappa shape index (κ2) is 7.18. The first-order valence-electron chi connectivity index (χ1n) is 9.35. The first kappa shape index (κ1) is 21.4. The predicted octanol–water partition coefficient (Wildman–Crippen LogP) is -0.496. The summed E-state index contributed by atoms with van der Waals surface area (Å²) in [5.41, 5.74) is 0.531. The Morgan fingerprint density at radius 3 is 2.19 bits per heavy atom. The Kier molecular flexibility index (Phi) is 5.90. The topological polar surface area (TPSA) is 0 Å². The minimum Gasteiger partial charge on any atom is -0.0759 e. The molecule has 0 aliphatic heterocycles. The van der Waals surface area contributed by atoms with Crippen LogP contribution in [0.2, 0.25) is 0 Å². The second-order valence-electron chi connectivity index (χ2n) is 9.12. The molecule has 0 spiro atoms. The molecule has 0 aromatic carbocycles. The SMILES string of the molecule is CC(C)([C]1[CH][CH][CH][CH]1)[C]1[C]2C=CC=C[C]2[C]2C[C@H]3C[C@@H]([C]21)C3(C)C.[Li+].[Li+]. The van der Waals surface area contributed by atoms with E-state index < -0.39 is 0 Å². The number of fused-ring (bicyclic) bond motifs is 1. The Hall–Kier alpha value is 0.675. The van der Waals surface area contributed by atoms with Crippen LogP contribution in [0.1, 0.15) is 40.5 Å². The normalized spacial score (nSPS) is 34.8. The summed E-state index contributed by atoms with van der Waals surface area (Å²) in [6.45, 7) is 9.82. The monoisotopic (exact) mass is 328 g/mol. The van der Waals surface area contributed by atoms with Gasteiger partial charge in [0.1, 0.15) is 0 Å². The van der Waals surface area contributed by atoms with Crippen molar-refractivity contribution in [3.05, 3.63) is 85.5 Å². The number of hydrogen-bond donors (Lipinski definition) is 0. The van der Waals surface area contributed by atoms with E-state index in [1.165, 1.54) is 30.6 Å². The van der Waals surface area contributed by atoms with Crippen molar-refractivity contribution in [2.75, 3.05) is 0 Å². The summed E-state index contributed by atoms with van der Waals surface area (Å²) in [6.07, 6.45) is 20.8. The van der Waals surface area contributed by atoms with Gasteiger partial charge in [0.2, 0.25) is 0 Å². The van der Waals surface area contributed by atoms with Gasteiger partial charge in [-0.25, -0.2) is 0 Å². The van der Waals surface area contributed by atoms with E-state index in [2.05, 4.69) is 77.7 Å². The molecule has 0 nitrogen and oxygen atoms in total. The molecule has 2 bridgehead atoms. The minimum atomic E-state index is 0. The van der Waals surface area contributed by atoms with Crippen LogP contribution >= 0.6 is 0 Å². The zero-order chi connectivity index (χ0) is 16.7. The summed E-state index contributed by atoms with van der Waals surface area (Å²) in [5, 5.41) is 0. The fourth-order valence-corrected chi connectivity index (χ4v) is 5.72. The van der Waals surface area contributed by atoms with Crippen LogP contribution in [0, 0.1) is 83.9 Å². The third kappa shape index (κ3) is 2.77. The Morgan fingerprint density at radius 1 is 0.962 bits per heavy atom. The molecule has 0 amide bonds. The van der Waals surface area contributed by atoms with Gasteiger partial charge in [0.05, 0.1) is 0 Å². The average Bonchev–Trinajstić information content (AvgIpc) is 3.21. The molecule has 2 atom stereocenters. The third-order valence-electron chi connectivity index (χ3n) is 7.39. The Balaban J connectivity index is 0.000000980. The molecule has 0 heterocycles. The summed E-state index contributed by atoms with van der Waals surface area (Å²) in [5.74, 6) is 11.1. The average molecular weight is 328 g/mol. The van der Waals surface area contributed by atoms with Crippen LogP contribution < -0.4 is 37.7 Å². The van der Waals surface area contributed by atoms with Gasteiger partial charge in [-0.1, -0.05) is 52.0 Å². The second-order valence-corrected chi connectivity index (χ2v) is 9.12. The molecular formula is C24H26Li2+2. The van der Waals surface area contributed by atoms with Crippen LogP contribution in [0.5, 0.6) is 0 Å². The molecular weight excluding hydrogens is 302 g/mol. The van der Waals surface area contributed by atoms with E-state index in [0.717, 1.165) is 11.8 Å². The summed E-state index contributed by atoms with van der Waals surface area (Å²) < 4.78 is 0. The zero-order valence-electron chi connectivity index (χ0n) is 17.2. The molecule has 26 heavy (non-hydrogen) atoms. The van der Waals surface area contributed by atoms with Gasteiger partial charge in [-0.05, 0) is 78.9 Å². The van der Waals surface area contributed by atoms with E-state index >= 15 is 0 Å². The van der Waals surface area contributed by atoms with Crippen molar-refractivity contribution >= 4 is 0 Å². The van der Waals surface area contributed by atoms with Gasteiger partial charge in [0.25, 0.3) is 0 Å². The van der Waals surface area contributed by atoms with E-state index in [1.54, 1.807) is 17.8 Å². The first-order chi connectivity index (χ1) is 11.4. The molecule has 0 unspecified atom stereocenters. The largest absolute Gasteiger partial charge is 1.00 e. The Bertz CT molecular complexity index is 581. The van der Waals surface area contributed by atoms with Crippen molar-refractivity contribution in [2.45, 2.75) is 40.5 Å². The van der Waals surface area contributed by atoms with Gasteiger partial charge in [-0.3, -0.25) is 0 Å². The zero-order valence-corrected chi connectivity index (χ0v) is 17.2. The molecule has 122 valence electrons. The van der Waals surface area contributed by atoms with Crippen LogP contribution in [0.15, 0.2) is 24.3 Å². The van der Waals surface area contributed by atoms with Crippen molar-refractivity contribution in [1.82, 2.24) is 0 Å². The summed E-state index contributed by atoms with van der Waals surface area (Å²) >= 11 is 0. The maximum atomic E-state index is 2.49. The number of rotatable bonds is 2. The van der Waals surface area contributed by atoms with Crippen LogP contribution in [0.25, 0.3) is 0 Å². The van der Waals surface area contributed by atoms with Gasteiger partial charge < -0.3 is 0 Å². The smallest absolute Gasteiger partial charge is 0.0759 e. The van der Waals surface area contributed by atoms with Crippen LogP contribution in [0.3, 0.4) is 0 Å². The Labute approximate surface area is 185 Å². The molecule has 0 N–H and O–H groups in total.